The molecule has 0 aliphatic rings. The summed E-state index contributed by atoms with van der Waals surface area (Å²) in [7, 11) is 3.88. The van der Waals surface area contributed by atoms with Crippen LogP contribution in [0.15, 0.2) is 18.2 Å². The Morgan fingerprint density at radius 2 is 1.89 bits per heavy atom. The van der Waals surface area contributed by atoms with Gasteiger partial charge in [0.2, 0.25) is 0 Å². The van der Waals surface area contributed by atoms with Crippen molar-refractivity contribution in [2.45, 2.75) is 38.8 Å². The molecule has 1 N–H and O–H groups in total. The van der Waals surface area contributed by atoms with Gasteiger partial charge >= 0.3 is 0 Å². The molecule has 1 atom stereocenters. The zero-order valence-corrected chi connectivity index (χ0v) is 12.4. The van der Waals surface area contributed by atoms with E-state index in [4.69, 9.17) is 0 Å². The summed E-state index contributed by atoms with van der Waals surface area (Å²) in [5.74, 6) is -1.55. The largest absolute Gasteiger partial charge is 0.308 e. The van der Waals surface area contributed by atoms with Crippen LogP contribution >= 0.6 is 0 Å². The van der Waals surface area contributed by atoms with Gasteiger partial charge in [0.25, 0.3) is 0 Å². The molecule has 1 aromatic rings. The van der Waals surface area contributed by atoms with E-state index in [1.54, 1.807) is 12.1 Å². The fraction of sp³-hybridized carbons (Fsp3) is 0.600. The van der Waals surface area contributed by atoms with Crippen molar-refractivity contribution >= 4 is 0 Å². The molecule has 0 aliphatic heterocycles. The summed E-state index contributed by atoms with van der Waals surface area (Å²) in [5, 5.41) is 3.33. The topological polar surface area (TPSA) is 15.3 Å². The van der Waals surface area contributed by atoms with Gasteiger partial charge in [-0.15, -0.1) is 0 Å². The summed E-state index contributed by atoms with van der Waals surface area (Å²) in [5.41, 5.74) is 0.0521. The molecule has 0 aliphatic carbocycles. The Morgan fingerprint density at radius 3 is 2.42 bits per heavy atom. The zero-order chi connectivity index (χ0) is 14.6. The van der Waals surface area contributed by atoms with Crippen LogP contribution in [0.4, 0.5) is 8.78 Å². The first-order valence-corrected chi connectivity index (χ1v) is 6.67. The van der Waals surface area contributed by atoms with Crippen molar-refractivity contribution in [1.29, 1.82) is 0 Å². The van der Waals surface area contributed by atoms with Gasteiger partial charge in [0.05, 0.1) is 6.04 Å². The van der Waals surface area contributed by atoms with Crippen molar-refractivity contribution < 1.29 is 8.78 Å². The Balaban J connectivity index is 3.20. The number of halogens is 2. The van der Waals surface area contributed by atoms with Gasteiger partial charge in [0.1, 0.15) is 0 Å². The molecule has 1 unspecified atom stereocenters. The summed E-state index contributed by atoms with van der Waals surface area (Å²) in [4.78, 5) is 2.02. The van der Waals surface area contributed by atoms with Crippen LogP contribution in [-0.2, 0) is 0 Å². The molecule has 19 heavy (non-hydrogen) atoms. The smallest absolute Gasteiger partial charge is 0.163 e. The van der Waals surface area contributed by atoms with Crippen LogP contribution in [0, 0.1) is 11.6 Å². The quantitative estimate of drug-likeness (QED) is 0.853. The number of benzene rings is 1. The summed E-state index contributed by atoms with van der Waals surface area (Å²) in [6.07, 6.45) is 0.941. The van der Waals surface area contributed by atoms with Crippen molar-refractivity contribution in [1.82, 2.24) is 10.2 Å². The second-order valence-electron chi connectivity index (χ2n) is 5.58. The van der Waals surface area contributed by atoms with Gasteiger partial charge in [-0.2, -0.15) is 0 Å². The van der Waals surface area contributed by atoms with Gasteiger partial charge in [-0.1, -0.05) is 19.1 Å². The predicted octanol–water partition coefficient (Wildman–Crippen LogP) is 3.35. The Bertz CT molecular complexity index is 417. The lowest BCUT2D eigenvalue weighted by Gasteiger charge is -2.41. The van der Waals surface area contributed by atoms with E-state index in [1.165, 1.54) is 0 Å². The van der Waals surface area contributed by atoms with Gasteiger partial charge in [-0.05, 0) is 47.0 Å². The predicted molar refractivity (Wildman–Crippen MR) is 75.2 cm³/mol. The normalized spacial score (nSPS) is 13.9. The molecule has 0 bridgehead atoms. The standard InChI is InChI=1S/C15H24F2N2/c1-6-10-18-14(15(2,3)19(4)5)11-8-7-9-12(16)13(11)17/h7-9,14,18H,6,10H2,1-5H3. The number of rotatable bonds is 6. The third kappa shape index (κ3) is 3.51. The minimum atomic E-state index is -0.796. The zero-order valence-electron chi connectivity index (χ0n) is 12.4. The molecule has 0 saturated heterocycles. The van der Waals surface area contributed by atoms with Crippen LogP contribution in [-0.4, -0.2) is 31.1 Å². The fourth-order valence-corrected chi connectivity index (χ4v) is 2.03. The summed E-state index contributed by atoms with van der Waals surface area (Å²) in [6.45, 7) is 6.85. The van der Waals surface area contributed by atoms with Crippen molar-refractivity contribution in [3.8, 4) is 0 Å². The highest BCUT2D eigenvalue weighted by Gasteiger charge is 2.34. The number of nitrogens with zero attached hydrogens (tertiary/aromatic N) is 1. The first-order valence-electron chi connectivity index (χ1n) is 6.67. The number of hydrogen-bond donors (Lipinski definition) is 1. The molecule has 4 heteroatoms. The van der Waals surface area contributed by atoms with Gasteiger partial charge in [-0.25, -0.2) is 8.78 Å². The first-order chi connectivity index (χ1) is 8.82. The highest BCUT2D eigenvalue weighted by molar-refractivity contribution is 5.25. The molecule has 1 rings (SSSR count). The van der Waals surface area contributed by atoms with E-state index >= 15 is 0 Å². The third-order valence-corrected chi connectivity index (χ3v) is 3.75. The second-order valence-corrected chi connectivity index (χ2v) is 5.58. The lowest BCUT2D eigenvalue weighted by Crippen LogP contribution is -2.49. The van der Waals surface area contributed by atoms with Gasteiger partial charge < -0.3 is 10.2 Å². The highest BCUT2D eigenvalue weighted by Crippen LogP contribution is 2.31. The average molecular weight is 270 g/mol. The summed E-state index contributed by atoms with van der Waals surface area (Å²) in [6, 6.07) is 4.09. The molecular formula is C15H24F2N2. The molecule has 0 fully saturated rings. The summed E-state index contributed by atoms with van der Waals surface area (Å²) >= 11 is 0. The highest BCUT2D eigenvalue weighted by atomic mass is 19.2. The monoisotopic (exact) mass is 270 g/mol. The van der Waals surface area contributed by atoms with E-state index in [0.29, 0.717) is 5.56 Å². The maximum atomic E-state index is 14.0. The fourth-order valence-electron chi connectivity index (χ4n) is 2.03. The molecule has 108 valence electrons. The van der Waals surface area contributed by atoms with E-state index in [-0.39, 0.29) is 11.6 Å². The molecule has 2 nitrogen and oxygen atoms in total. The molecule has 1 aromatic carbocycles. The SMILES string of the molecule is CCCNC(c1cccc(F)c1F)C(C)(C)N(C)C. The van der Waals surface area contributed by atoms with E-state index in [0.717, 1.165) is 19.0 Å². The van der Waals surface area contributed by atoms with Crippen LogP contribution < -0.4 is 5.32 Å². The minimum absolute atomic E-state index is 0.266. The average Bonchev–Trinajstić information content (AvgIpc) is 2.34. The molecular weight excluding hydrogens is 246 g/mol. The molecule has 0 amide bonds. The Labute approximate surface area is 114 Å². The van der Waals surface area contributed by atoms with Crippen LogP contribution in [0.2, 0.25) is 0 Å². The Morgan fingerprint density at radius 1 is 1.26 bits per heavy atom. The molecule has 0 spiro atoms. The summed E-state index contributed by atoms with van der Waals surface area (Å²) < 4.78 is 27.5. The number of nitrogens with one attached hydrogen (secondary N) is 1. The van der Waals surface area contributed by atoms with Crippen LogP contribution in [0.3, 0.4) is 0 Å². The molecule has 0 radical (unpaired) electrons. The molecule has 0 aromatic heterocycles. The van der Waals surface area contributed by atoms with Crippen molar-refractivity contribution in [2.24, 2.45) is 0 Å². The van der Waals surface area contributed by atoms with Crippen molar-refractivity contribution in [3.63, 3.8) is 0 Å². The van der Waals surface area contributed by atoms with Gasteiger partial charge in [-0.3, -0.25) is 0 Å². The lowest BCUT2D eigenvalue weighted by molar-refractivity contribution is 0.135. The molecule has 0 saturated carbocycles. The second kappa shape index (κ2) is 6.44. The van der Waals surface area contributed by atoms with E-state index in [1.807, 2.05) is 32.8 Å². The van der Waals surface area contributed by atoms with E-state index < -0.39 is 11.6 Å². The van der Waals surface area contributed by atoms with Crippen LogP contribution in [0.25, 0.3) is 0 Å². The van der Waals surface area contributed by atoms with Crippen molar-refractivity contribution in [3.05, 3.63) is 35.4 Å². The molecule has 0 heterocycles. The third-order valence-electron chi connectivity index (χ3n) is 3.75. The Kier molecular flexibility index (Phi) is 5.44. The van der Waals surface area contributed by atoms with Gasteiger partial charge in [0.15, 0.2) is 11.6 Å². The lowest BCUT2D eigenvalue weighted by atomic mass is 9.87. The Hall–Kier alpha value is -1.00. The number of hydrogen-bond acceptors (Lipinski definition) is 2. The van der Waals surface area contributed by atoms with E-state index in [9.17, 15) is 8.78 Å². The van der Waals surface area contributed by atoms with E-state index in [2.05, 4.69) is 12.2 Å². The first kappa shape index (κ1) is 16.1. The van der Waals surface area contributed by atoms with Gasteiger partial charge in [0, 0.05) is 11.1 Å². The number of likely N-dealkylation sites (N-methyl/N-ethyl adjacent to an activating group) is 1. The maximum absolute atomic E-state index is 14.0. The maximum Gasteiger partial charge on any atom is 0.163 e. The van der Waals surface area contributed by atoms with Crippen molar-refractivity contribution in [2.75, 3.05) is 20.6 Å². The minimum Gasteiger partial charge on any atom is -0.308 e. The van der Waals surface area contributed by atoms with Crippen LogP contribution in [0.5, 0.6) is 0 Å². The van der Waals surface area contributed by atoms with Crippen LogP contribution in [0.1, 0.15) is 38.8 Å².